The van der Waals surface area contributed by atoms with Gasteiger partial charge in [-0.1, -0.05) is 67.1 Å². The van der Waals surface area contributed by atoms with Gasteiger partial charge in [-0.3, -0.25) is 4.90 Å². The van der Waals surface area contributed by atoms with Crippen molar-refractivity contribution < 1.29 is 5.11 Å². The highest BCUT2D eigenvalue weighted by molar-refractivity contribution is 6.30. The molecule has 0 aromatic heterocycles. The van der Waals surface area contributed by atoms with Crippen molar-refractivity contribution in [2.75, 3.05) is 19.6 Å². The normalized spacial score (nSPS) is 18.0. The van der Waals surface area contributed by atoms with Crippen molar-refractivity contribution in [2.24, 2.45) is 5.92 Å². The summed E-state index contributed by atoms with van der Waals surface area (Å²) < 4.78 is 0. The number of aliphatic hydroxyl groups excluding tert-OH is 1. The lowest BCUT2D eigenvalue weighted by atomic mass is 9.95. The van der Waals surface area contributed by atoms with Crippen molar-refractivity contribution in [1.29, 1.82) is 0 Å². The second-order valence-corrected chi connectivity index (χ2v) is 7.02. The lowest BCUT2D eigenvalue weighted by Crippen LogP contribution is -2.34. The average Bonchev–Trinajstić information content (AvgIpc) is 2.63. The number of hydrogen-bond donors (Lipinski definition) is 1. The van der Waals surface area contributed by atoms with Crippen LogP contribution in [-0.4, -0.2) is 29.6 Å². The molecular weight excluding hydrogens is 318 g/mol. The van der Waals surface area contributed by atoms with Crippen LogP contribution in [0.1, 0.15) is 30.6 Å². The smallest absolute Gasteiger partial charge is 0.0827 e. The van der Waals surface area contributed by atoms with Crippen LogP contribution in [0.25, 0.3) is 5.57 Å². The predicted octanol–water partition coefficient (Wildman–Crippen LogP) is 4.80. The first-order valence-corrected chi connectivity index (χ1v) is 8.91. The van der Waals surface area contributed by atoms with Crippen LogP contribution in [0.5, 0.6) is 0 Å². The minimum absolute atomic E-state index is 0.206. The van der Waals surface area contributed by atoms with E-state index in [0.717, 1.165) is 36.6 Å². The summed E-state index contributed by atoms with van der Waals surface area (Å²) in [4.78, 5) is 2.41. The average molecular weight is 342 g/mol. The number of aliphatic hydroxyl groups is 1. The number of halogens is 1. The molecule has 1 heterocycles. The van der Waals surface area contributed by atoms with E-state index in [4.69, 9.17) is 11.6 Å². The molecule has 3 heteroatoms. The van der Waals surface area contributed by atoms with Gasteiger partial charge >= 0.3 is 0 Å². The molecule has 2 aromatic carbocycles. The van der Waals surface area contributed by atoms with Gasteiger partial charge in [0.2, 0.25) is 0 Å². The molecule has 0 fully saturated rings. The van der Waals surface area contributed by atoms with Gasteiger partial charge in [-0.2, -0.15) is 0 Å². The number of nitrogens with zero attached hydrogens (tertiary/aromatic N) is 1. The summed E-state index contributed by atoms with van der Waals surface area (Å²) in [5, 5.41) is 11.3. The summed E-state index contributed by atoms with van der Waals surface area (Å²) in [6.45, 7) is 4.99. The van der Waals surface area contributed by atoms with Gasteiger partial charge in [-0.15, -0.1) is 0 Å². The molecule has 1 N–H and O–H groups in total. The van der Waals surface area contributed by atoms with E-state index in [1.54, 1.807) is 0 Å². The standard InChI is InChI=1S/C21H24ClNO/c1-16(21(24)19-5-3-2-4-6-19)15-23-13-11-18(12-14-23)17-7-9-20(22)10-8-17/h2-11,16,21,24H,12-15H2,1H3. The number of hydrogen-bond acceptors (Lipinski definition) is 2. The Bertz CT molecular complexity index is 681. The van der Waals surface area contributed by atoms with Gasteiger partial charge in [0.05, 0.1) is 6.10 Å². The molecule has 126 valence electrons. The molecule has 0 saturated heterocycles. The second-order valence-electron chi connectivity index (χ2n) is 6.58. The van der Waals surface area contributed by atoms with Gasteiger partial charge in [0.15, 0.2) is 0 Å². The van der Waals surface area contributed by atoms with E-state index in [2.05, 4.69) is 30.0 Å². The molecule has 2 atom stereocenters. The van der Waals surface area contributed by atoms with Crippen molar-refractivity contribution in [3.05, 3.63) is 76.8 Å². The van der Waals surface area contributed by atoms with E-state index in [-0.39, 0.29) is 5.92 Å². The Morgan fingerprint density at radius 2 is 1.79 bits per heavy atom. The molecule has 2 aromatic rings. The van der Waals surface area contributed by atoms with Crippen LogP contribution in [0.2, 0.25) is 5.02 Å². The van der Waals surface area contributed by atoms with Crippen LogP contribution in [0.4, 0.5) is 0 Å². The number of rotatable bonds is 5. The largest absolute Gasteiger partial charge is 0.388 e. The van der Waals surface area contributed by atoms with E-state index in [1.807, 2.05) is 42.5 Å². The molecule has 2 nitrogen and oxygen atoms in total. The zero-order chi connectivity index (χ0) is 16.9. The third kappa shape index (κ3) is 4.27. The highest BCUT2D eigenvalue weighted by atomic mass is 35.5. The van der Waals surface area contributed by atoms with Gasteiger partial charge in [-0.05, 0) is 41.2 Å². The Balaban J connectivity index is 1.57. The minimum Gasteiger partial charge on any atom is -0.388 e. The molecular formula is C21H24ClNO. The Morgan fingerprint density at radius 1 is 1.08 bits per heavy atom. The molecule has 0 aliphatic carbocycles. The zero-order valence-electron chi connectivity index (χ0n) is 14.0. The van der Waals surface area contributed by atoms with Crippen LogP contribution < -0.4 is 0 Å². The van der Waals surface area contributed by atoms with Crippen LogP contribution in [0.15, 0.2) is 60.7 Å². The fourth-order valence-electron chi connectivity index (χ4n) is 3.29. The van der Waals surface area contributed by atoms with Crippen molar-refractivity contribution in [1.82, 2.24) is 4.90 Å². The van der Waals surface area contributed by atoms with Gasteiger partial charge in [0.25, 0.3) is 0 Å². The number of benzene rings is 2. The van der Waals surface area contributed by atoms with E-state index < -0.39 is 6.10 Å². The highest BCUT2D eigenvalue weighted by Gasteiger charge is 2.21. The quantitative estimate of drug-likeness (QED) is 0.844. The predicted molar refractivity (Wildman–Crippen MR) is 101 cm³/mol. The van der Waals surface area contributed by atoms with Gasteiger partial charge in [0.1, 0.15) is 0 Å². The molecule has 3 rings (SSSR count). The molecule has 0 amide bonds. The first-order chi connectivity index (χ1) is 11.6. The Labute approximate surface area is 149 Å². The monoisotopic (exact) mass is 341 g/mol. The lowest BCUT2D eigenvalue weighted by Gasteiger charge is -2.30. The molecule has 1 aliphatic heterocycles. The van der Waals surface area contributed by atoms with Crippen molar-refractivity contribution in [3.63, 3.8) is 0 Å². The fraction of sp³-hybridized carbons (Fsp3) is 0.333. The first kappa shape index (κ1) is 17.2. The molecule has 0 radical (unpaired) electrons. The van der Waals surface area contributed by atoms with Crippen molar-refractivity contribution in [2.45, 2.75) is 19.4 Å². The Kier molecular flexibility index (Phi) is 5.72. The third-order valence-corrected chi connectivity index (χ3v) is 4.99. The van der Waals surface area contributed by atoms with Crippen LogP contribution in [0, 0.1) is 5.92 Å². The summed E-state index contributed by atoms with van der Waals surface area (Å²) in [6.07, 6.45) is 2.93. The van der Waals surface area contributed by atoms with Crippen molar-refractivity contribution >= 4 is 17.2 Å². The van der Waals surface area contributed by atoms with E-state index in [9.17, 15) is 5.11 Å². The van der Waals surface area contributed by atoms with Crippen LogP contribution in [-0.2, 0) is 0 Å². The van der Waals surface area contributed by atoms with E-state index >= 15 is 0 Å². The van der Waals surface area contributed by atoms with Gasteiger partial charge in [-0.25, -0.2) is 0 Å². The molecule has 2 unspecified atom stereocenters. The zero-order valence-corrected chi connectivity index (χ0v) is 14.8. The third-order valence-electron chi connectivity index (χ3n) is 4.73. The maximum Gasteiger partial charge on any atom is 0.0827 e. The molecule has 1 aliphatic rings. The minimum atomic E-state index is -0.409. The summed E-state index contributed by atoms with van der Waals surface area (Å²) in [5.41, 5.74) is 3.65. The second kappa shape index (κ2) is 7.98. The summed E-state index contributed by atoms with van der Waals surface area (Å²) in [7, 11) is 0. The SMILES string of the molecule is CC(CN1CC=C(c2ccc(Cl)cc2)CC1)C(O)c1ccccc1. The molecule has 0 spiro atoms. The molecule has 24 heavy (non-hydrogen) atoms. The van der Waals surface area contributed by atoms with Gasteiger partial charge in [0, 0.05) is 24.7 Å². The van der Waals surface area contributed by atoms with E-state index in [1.165, 1.54) is 11.1 Å². The van der Waals surface area contributed by atoms with Crippen molar-refractivity contribution in [3.8, 4) is 0 Å². The fourth-order valence-corrected chi connectivity index (χ4v) is 3.42. The molecule has 0 bridgehead atoms. The topological polar surface area (TPSA) is 23.5 Å². The summed E-state index contributed by atoms with van der Waals surface area (Å²) in [6, 6.07) is 18.0. The summed E-state index contributed by atoms with van der Waals surface area (Å²) in [5.74, 6) is 0.206. The van der Waals surface area contributed by atoms with Gasteiger partial charge < -0.3 is 5.11 Å². The maximum atomic E-state index is 10.5. The first-order valence-electron chi connectivity index (χ1n) is 8.54. The highest BCUT2D eigenvalue weighted by Crippen LogP contribution is 2.26. The van der Waals surface area contributed by atoms with Crippen LogP contribution >= 0.6 is 11.6 Å². The summed E-state index contributed by atoms with van der Waals surface area (Å²) >= 11 is 5.96. The van der Waals surface area contributed by atoms with Crippen LogP contribution in [0.3, 0.4) is 0 Å². The lowest BCUT2D eigenvalue weighted by molar-refractivity contribution is 0.0911. The Morgan fingerprint density at radius 3 is 2.42 bits per heavy atom. The Hall–Kier alpha value is -1.61. The van der Waals surface area contributed by atoms with E-state index in [0.29, 0.717) is 0 Å². The maximum absolute atomic E-state index is 10.5. The molecule has 0 saturated carbocycles.